The Balaban J connectivity index is 0.00000420. The van der Waals surface area contributed by atoms with Gasteiger partial charge in [-0.25, -0.2) is 4.98 Å². The number of hydrogen-bond donors (Lipinski definition) is 3. The maximum atomic E-state index is 12.2. The fourth-order valence-electron chi connectivity index (χ4n) is 2.48. The molecule has 0 saturated heterocycles. The minimum absolute atomic E-state index is 0. The molecule has 3 N–H and O–H groups in total. The topological polar surface area (TPSA) is 78.4 Å². The highest BCUT2D eigenvalue weighted by molar-refractivity contribution is 14.0. The predicted molar refractivity (Wildman–Crippen MR) is 134 cm³/mol. The second kappa shape index (κ2) is 13.8. The number of halogens is 2. The molecule has 2 rings (SSSR count). The summed E-state index contributed by atoms with van der Waals surface area (Å²) in [6.45, 7) is 7.94. The van der Waals surface area contributed by atoms with Crippen molar-refractivity contribution in [1.82, 2.24) is 15.6 Å². The smallest absolute Gasteiger partial charge is 0.226 e. The molecule has 6 nitrogen and oxygen atoms in total. The summed E-state index contributed by atoms with van der Waals surface area (Å²) in [5.74, 6) is 0.644. The number of aromatic nitrogens is 1. The Kier molecular flexibility index (Phi) is 12.2. The molecule has 0 spiro atoms. The molecule has 0 aliphatic rings. The molecule has 160 valence electrons. The third-order valence-electron chi connectivity index (χ3n) is 4.08. The minimum Gasteiger partial charge on any atom is -0.357 e. The van der Waals surface area contributed by atoms with Gasteiger partial charge in [-0.15, -0.1) is 35.3 Å². The molecule has 0 radical (unpaired) electrons. The van der Waals surface area contributed by atoms with Crippen LogP contribution in [-0.2, 0) is 17.6 Å². The quantitative estimate of drug-likeness (QED) is 0.246. The summed E-state index contributed by atoms with van der Waals surface area (Å²) in [7, 11) is 0. The van der Waals surface area contributed by atoms with E-state index in [2.05, 4.69) is 32.9 Å². The molecule has 1 aromatic carbocycles. The highest BCUT2D eigenvalue weighted by Gasteiger charge is 2.07. The monoisotopic (exact) mass is 549 g/mol. The maximum Gasteiger partial charge on any atom is 0.226 e. The number of hydrogen-bond acceptors (Lipinski definition) is 4. The van der Waals surface area contributed by atoms with Crippen molar-refractivity contribution < 1.29 is 4.79 Å². The van der Waals surface area contributed by atoms with E-state index in [4.69, 9.17) is 11.6 Å². The zero-order valence-corrected chi connectivity index (χ0v) is 21.0. The van der Waals surface area contributed by atoms with Crippen molar-refractivity contribution in [3.63, 3.8) is 0 Å². The zero-order valence-electron chi connectivity index (χ0n) is 17.0. The van der Waals surface area contributed by atoms with Crippen LogP contribution in [0.15, 0.2) is 29.4 Å². The number of nitrogens with one attached hydrogen (secondary N) is 3. The first kappa shape index (κ1) is 25.6. The summed E-state index contributed by atoms with van der Waals surface area (Å²) in [5.41, 5.74) is 1.61. The molecule has 1 heterocycles. The van der Waals surface area contributed by atoms with Crippen LogP contribution >= 0.6 is 46.9 Å². The minimum atomic E-state index is -0.0661. The Morgan fingerprint density at radius 1 is 1.28 bits per heavy atom. The van der Waals surface area contributed by atoms with Crippen LogP contribution in [0, 0.1) is 6.92 Å². The average molecular weight is 550 g/mol. The number of guanidine groups is 1. The van der Waals surface area contributed by atoms with Gasteiger partial charge in [0.25, 0.3) is 0 Å². The maximum absolute atomic E-state index is 12.2. The second-order valence-electron chi connectivity index (χ2n) is 6.22. The van der Waals surface area contributed by atoms with Gasteiger partial charge in [-0.1, -0.05) is 24.6 Å². The van der Waals surface area contributed by atoms with Crippen LogP contribution in [0.3, 0.4) is 0 Å². The number of aliphatic imine (C=N–C) groups is 1. The van der Waals surface area contributed by atoms with Crippen molar-refractivity contribution in [2.75, 3.05) is 25.0 Å². The molecule has 2 aromatic rings. The molecular formula is C20H29ClIN5OS. The fraction of sp³-hybridized carbons (Fsp3) is 0.450. The Hall–Kier alpha value is -1.39. The molecule has 1 aromatic heterocycles. The van der Waals surface area contributed by atoms with Gasteiger partial charge in [0, 0.05) is 54.3 Å². The summed E-state index contributed by atoms with van der Waals surface area (Å²) in [6.07, 6.45) is 4.10. The van der Waals surface area contributed by atoms with Crippen LogP contribution < -0.4 is 16.0 Å². The predicted octanol–water partition coefficient (Wildman–Crippen LogP) is 4.41. The van der Waals surface area contributed by atoms with Crippen LogP contribution in [0.4, 0.5) is 5.69 Å². The molecule has 0 fully saturated rings. The number of carbonyl (C=O) groups excluding carboxylic acids is 1. The first-order valence-electron chi connectivity index (χ1n) is 9.54. The van der Waals surface area contributed by atoms with E-state index in [1.807, 2.05) is 38.2 Å². The van der Waals surface area contributed by atoms with Gasteiger partial charge in [-0.3, -0.25) is 9.79 Å². The Bertz CT molecular complexity index is 812. The van der Waals surface area contributed by atoms with Crippen molar-refractivity contribution in [3.05, 3.63) is 44.9 Å². The third-order valence-corrected chi connectivity index (χ3v) is 5.69. The number of benzene rings is 1. The van der Waals surface area contributed by atoms with Crippen molar-refractivity contribution >= 4 is 64.5 Å². The standard InChI is InChI=1S/C20H28ClN5OS.HI/c1-4-15-13-25-19(28-15)10-12-24-20(22-5-2)23-11-9-18(27)26-17-8-6-7-16(21)14(17)3;/h6-8,13H,4-5,9-12H2,1-3H3,(H,26,27)(H2,22,23,24);1H. The third kappa shape index (κ3) is 8.88. The lowest BCUT2D eigenvalue weighted by Crippen LogP contribution is -2.38. The van der Waals surface area contributed by atoms with E-state index in [0.29, 0.717) is 30.5 Å². The van der Waals surface area contributed by atoms with Crippen molar-refractivity contribution in [2.24, 2.45) is 4.99 Å². The summed E-state index contributed by atoms with van der Waals surface area (Å²) in [5, 5.41) is 11.0. The van der Waals surface area contributed by atoms with Gasteiger partial charge in [0.2, 0.25) is 5.91 Å². The van der Waals surface area contributed by atoms with Gasteiger partial charge in [0.15, 0.2) is 5.96 Å². The second-order valence-corrected chi connectivity index (χ2v) is 7.83. The highest BCUT2D eigenvalue weighted by atomic mass is 127. The van der Waals surface area contributed by atoms with E-state index >= 15 is 0 Å². The van der Waals surface area contributed by atoms with Crippen LogP contribution in [0.5, 0.6) is 0 Å². The molecule has 0 atom stereocenters. The molecule has 1 amide bonds. The lowest BCUT2D eigenvalue weighted by atomic mass is 10.2. The molecule has 0 unspecified atom stereocenters. The number of thiazole rings is 1. The number of amides is 1. The molecule has 0 aliphatic carbocycles. The molecule has 0 saturated carbocycles. The number of nitrogens with zero attached hydrogens (tertiary/aromatic N) is 2. The van der Waals surface area contributed by atoms with E-state index in [1.54, 1.807) is 11.3 Å². The van der Waals surface area contributed by atoms with Crippen LogP contribution in [0.2, 0.25) is 5.02 Å². The van der Waals surface area contributed by atoms with Gasteiger partial charge in [0.05, 0.1) is 5.01 Å². The van der Waals surface area contributed by atoms with Gasteiger partial charge >= 0.3 is 0 Å². The van der Waals surface area contributed by atoms with Crippen molar-refractivity contribution in [1.29, 1.82) is 0 Å². The largest absolute Gasteiger partial charge is 0.357 e. The first-order valence-corrected chi connectivity index (χ1v) is 10.7. The normalized spacial score (nSPS) is 11.0. The summed E-state index contributed by atoms with van der Waals surface area (Å²) in [4.78, 5) is 22.5. The Morgan fingerprint density at radius 3 is 2.76 bits per heavy atom. The summed E-state index contributed by atoms with van der Waals surface area (Å²) >= 11 is 7.83. The average Bonchev–Trinajstić information content (AvgIpc) is 3.13. The number of carbonyl (C=O) groups is 1. The summed E-state index contributed by atoms with van der Waals surface area (Å²) in [6, 6.07) is 5.48. The van der Waals surface area contributed by atoms with Crippen LogP contribution in [-0.4, -0.2) is 36.5 Å². The molecular weight excluding hydrogens is 521 g/mol. The molecule has 9 heteroatoms. The summed E-state index contributed by atoms with van der Waals surface area (Å²) < 4.78 is 0. The number of aryl methyl sites for hydroxylation is 1. The molecule has 0 aliphatic heterocycles. The zero-order chi connectivity index (χ0) is 20.4. The lowest BCUT2D eigenvalue weighted by molar-refractivity contribution is -0.116. The van der Waals surface area contributed by atoms with Crippen molar-refractivity contribution in [3.8, 4) is 0 Å². The van der Waals surface area contributed by atoms with Crippen molar-refractivity contribution in [2.45, 2.75) is 40.0 Å². The fourth-order valence-corrected chi connectivity index (χ4v) is 3.51. The SMILES string of the molecule is CCNC(=NCCc1ncc(CC)s1)NCCC(=O)Nc1cccc(Cl)c1C.I. The molecule has 29 heavy (non-hydrogen) atoms. The number of anilines is 1. The lowest BCUT2D eigenvalue weighted by Gasteiger charge is -2.12. The van der Waals surface area contributed by atoms with Crippen LogP contribution in [0.25, 0.3) is 0 Å². The Labute approximate surface area is 199 Å². The van der Waals surface area contributed by atoms with Gasteiger partial charge in [-0.05, 0) is 38.0 Å². The Morgan fingerprint density at radius 2 is 2.07 bits per heavy atom. The number of rotatable bonds is 9. The van der Waals surface area contributed by atoms with Gasteiger partial charge in [-0.2, -0.15) is 0 Å². The van der Waals surface area contributed by atoms with Crippen LogP contribution in [0.1, 0.15) is 35.7 Å². The van der Waals surface area contributed by atoms with E-state index < -0.39 is 0 Å². The van der Waals surface area contributed by atoms with E-state index in [9.17, 15) is 4.79 Å². The van der Waals surface area contributed by atoms with Gasteiger partial charge in [0.1, 0.15) is 0 Å². The van der Waals surface area contributed by atoms with E-state index in [1.165, 1.54) is 4.88 Å². The van der Waals surface area contributed by atoms with E-state index in [0.717, 1.165) is 35.6 Å². The van der Waals surface area contributed by atoms with E-state index in [-0.39, 0.29) is 29.9 Å². The highest BCUT2D eigenvalue weighted by Crippen LogP contribution is 2.22. The first-order chi connectivity index (χ1) is 13.5. The molecule has 0 bridgehead atoms. The van der Waals surface area contributed by atoms with Gasteiger partial charge < -0.3 is 16.0 Å².